The van der Waals surface area contributed by atoms with Crippen molar-refractivity contribution in [1.29, 1.82) is 0 Å². The molecule has 0 spiro atoms. The van der Waals surface area contributed by atoms with Gasteiger partial charge in [0.25, 0.3) is 0 Å². The van der Waals surface area contributed by atoms with E-state index in [-0.39, 0.29) is 11.8 Å². The molecule has 1 amide bonds. The molecule has 19 heavy (non-hydrogen) atoms. The van der Waals surface area contributed by atoms with Crippen molar-refractivity contribution in [2.24, 2.45) is 17.8 Å². The second-order valence-corrected chi connectivity index (χ2v) is 5.88. The van der Waals surface area contributed by atoms with E-state index in [1.54, 1.807) is 4.90 Å². The van der Waals surface area contributed by atoms with Gasteiger partial charge in [0.1, 0.15) is 6.04 Å². The molecule has 0 aliphatic carbocycles. The number of amides is 1. The smallest absolute Gasteiger partial charge is 0.326 e. The number of carbonyl (C=O) groups is 2. The Balaban J connectivity index is 2.81. The van der Waals surface area contributed by atoms with Crippen LogP contribution in [0.15, 0.2) is 0 Å². The number of carbonyl (C=O) groups excluding carboxylic acids is 1. The van der Waals surface area contributed by atoms with Crippen molar-refractivity contribution >= 4 is 11.9 Å². The van der Waals surface area contributed by atoms with Gasteiger partial charge in [0.15, 0.2) is 0 Å². The zero-order valence-corrected chi connectivity index (χ0v) is 12.6. The van der Waals surface area contributed by atoms with Crippen molar-refractivity contribution in [3.05, 3.63) is 0 Å². The van der Waals surface area contributed by atoms with E-state index in [0.29, 0.717) is 24.8 Å². The lowest BCUT2D eigenvalue weighted by Gasteiger charge is -2.38. The van der Waals surface area contributed by atoms with E-state index in [0.717, 1.165) is 19.3 Å². The molecule has 1 saturated heterocycles. The number of aliphatic carboxylic acids is 1. The maximum absolute atomic E-state index is 12.5. The molecule has 1 N–H and O–H groups in total. The first-order valence-corrected chi connectivity index (χ1v) is 7.45. The average molecular weight is 269 g/mol. The third kappa shape index (κ3) is 3.71. The molecule has 0 aromatic rings. The quantitative estimate of drug-likeness (QED) is 0.835. The van der Waals surface area contributed by atoms with Crippen LogP contribution in [0.5, 0.6) is 0 Å². The molecule has 1 fully saturated rings. The number of hydrogen-bond acceptors (Lipinski definition) is 2. The molecule has 0 saturated carbocycles. The molecule has 0 aromatic carbocycles. The van der Waals surface area contributed by atoms with Gasteiger partial charge < -0.3 is 10.0 Å². The number of carboxylic acids is 1. The Labute approximate surface area is 116 Å². The zero-order valence-electron chi connectivity index (χ0n) is 12.6. The normalized spacial score (nSPS) is 25.4. The van der Waals surface area contributed by atoms with Crippen LogP contribution in [0, 0.1) is 17.8 Å². The fourth-order valence-corrected chi connectivity index (χ4v) is 3.10. The molecule has 4 heteroatoms. The van der Waals surface area contributed by atoms with E-state index in [9.17, 15) is 14.7 Å². The van der Waals surface area contributed by atoms with Gasteiger partial charge in [-0.3, -0.25) is 4.79 Å². The molecule has 4 nitrogen and oxygen atoms in total. The van der Waals surface area contributed by atoms with Crippen molar-refractivity contribution in [2.75, 3.05) is 6.54 Å². The summed E-state index contributed by atoms with van der Waals surface area (Å²) in [4.78, 5) is 25.5. The number of piperidine rings is 1. The fraction of sp³-hybridized carbons (Fsp3) is 0.867. The maximum atomic E-state index is 12.5. The number of nitrogens with zero attached hydrogens (tertiary/aromatic N) is 1. The summed E-state index contributed by atoms with van der Waals surface area (Å²) in [5.74, 6) is -0.190. The number of carboxylic acid groups (broad SMARTS) is 1. The molecular weight excluding hydrogens is 242 g/mol. The number of likely N-dealkylation sites (tertiary alicyclic amines) is 1. The molecule has 1 aliphatic rings. The average Bonchev–Trinajstić information content (AvgIpc) is 2.39. The summed E-state index contributed by atoms with van der Waals surface area (Å²) < 4.78 is 0. The Kier molecular flexibility index (Phi) is 5.83. The van der Waals surface area contributed by atoms with E-state index in [4.69, 9.17) is 0 Å². The van der Waals surface area contributed by atoms with Crippen molar-refractivity contribution < 1.29 is 14.7 Å². The minimum Gasteiger partial charge on any atom is -0.480 e. The summed E-state index contributed by atoms with van der Waals surface area (Å²) >= 11 is 0. The van der Waals surface area contributed by atoms with Gasteiger partial charge in [-0.2, -0.15) is 0 Å². The van der Waals surface area contributed by atoms with Crippen LogP contribution >= 0.6 is 0 Å². The second-order valence-electron chi connectivity index (χ2n) is 5.88. The van der Waals surface area contributed by atoms with Gasteiger partial charge in [0.2, 0.25) is 5.91 Å². The number of hydrogen-bond donors (Lipinski definition) is 1. The van der Waals surface area contributed by atoms with Crippen LogP contribution in [-0.4, -0.2) is 34.5 Å². The zero-order chi connectivity index (χ0) is 14.6. The minimum absolute atomic E-state index is 0.0213. The standard InChI is InChI=1S/C15H27NO3/c1-5-12(6-2)11(4)14(17)16-8-7-10(3)9-13(16)15(18)19/h10-13H,5-9H2,1-4H3,(H,18,19). The molecule has 1 rings (SSSR count). The lowest BCUT2D eigenvalue weighted by Crippen LogP contribution is -2.52. The van der Waals surface area contributed by atoms with E-state index >= 15 is 0 Å². The highest BCUT2D eigenvalue weighted by Gasteiger charge is 2.37. The van der Waals surface area contributed by atoms with Crippen LogP contribution in [0.25, 0.3) is 0 Å². The molecular formula is C15H27NO3. The Morgan fingerprint density at radius 2 is 1.89 bits per heavy atom. The van der Waals surface area contributed by atoms with E-state index < -0.39 is 12.0 Å². The van der Waals surface area contributed by atoms with E-state index in [1.165, 1.54) is 0 Å². The van der Waals surface area contributed by atoms with E-state index in [2.05, 4.69) is 20.8 Å². The topological polar surface area (TPSA) is 57.6 Å². The summed E-state index contributed by atoms with van der Waals surface area (Å²) in [6.07, 6.45) is 3.42. The summed E-state index contributed by atoms with van der Waals surface area (Å²) in [6.45, 7) is 8.76. The van der Waals surface area contributed by atoms with Gasteiger partial charge in [0, 0.05) is 12.5 Å². The van der Waals surface area contributed by atoms with Gasteiger partial charge in [-0.05, 0) is 24.7 Å². The summed E-state index contributed by atoms with van der Waals surface area (Å²) in [5.41, 5.74) is 0. The first-order valence-electron chi connectivity index (χ1n) is 7.45. The third-order valence-corrected chi connectivity index (χ3v) is 4.58. The summed E-state index contributed by atoms with van der Waals surface area (Å²) in [6, 6.07) is -0.631. The molecule has 1 aliphatic heterocycles. The van der Waals surface area contributed by atoms with Crippen LogP contribution in [-0.2, 0) is 9.59 Å². The Morgan fingerprint density at radius 3 is 2.37 bits per heavy atom. The Bertz CT molecular complexity index is 325. The van der Waals surface area contributed by atoms with Crippen molar-refractivity contribution in [1.82, 2.24) is 4.90 Å². The van der Waals surface area contributed by atoms with Gasteiger partial charge in [0.05, 0.1) is 0 Å². The fourth-order valence-electron chi connectivity index (χ4n) is 3.10. The lowest BCUT2D eigenvalue weighted by molar-refractivity contribution is -0.155. The predicted octanol–water partition coefficient (Wildman–Crippen LogP) is 2.77. The highest BCUT2D eigenvalue weighted by Crippen LogP contribution is 2.28. The van der Waals surface area contributed by atoms with Crippen LogP contribution in [0.2, 0.25) is 0 Å². The second kappa shape index (κ2) is 6.92. The molecule has 3 atom stereocenters. The van der Waals surface area contributed by atoms with Crippen molar-refractivity contribution in [3.63, 3.8) is 0 Å². The largest absolute Gasteiger partial charge is 0.480 e. The number of rotatable bonds is 5. The Morgan fingerprint density at radius 1 is 1.32 bits per heavy atom. The summed E-state index contributed by atoms with van der Waals surface area (Å²) in [5, 5.41) is 9.32. The third-order valence-electron chi connectivity index (χ3n) is 4.58. The van der Waals surface area contributed by atoms with Gasteiger partial charge in [-0.1, -0.05) is 40.5 Å². The van der Waals surface area contributed by atoms with Crippen molar-refractivity contribution in [2.45, 2.75) is 59.4 Å². The van der Waals surface area contributed by atoms with E-state index in [1.807, 2.05) is 6.92 Å². The molecule has 110 valence electrons. The van der Waals surface area contributed by atoms with Crippen molar-refractivity contribution in [3.8, 4) is 0 Å². The van der Waals surface area contributed by atoms with Gasteiger partial charge in [-0.15, -0.1) is 0 Å². The Hall–Kier alpha value is -1.06. The highest BCUT2D eigenvalue weighted by atomic mass is 16.4. The highest BCUT2D eigenvalue weighted by molar-refractivity contribution is 5.85. The van der Waals surface area contributed by atoms with Crippen LogP contribution in [0.3, 0.4) is 0 Å². The molecule has 0 radical (unpaired) electrons. The van der Waals surface area contributed by atoms with Crippen LogP contribution in [0.4, 0.5) is 0 Å². The molecule has 0 aromatic heterocycles. The first kappa shape index (κ1) is 16.0. The predicted molar refractivity (Wildman–Crippen MR) is 74.8 cm³/mol. The lowest BCUT2D eigenvalue weighted by atomic mass is 9.86. The monoisotopic (exact) mass is 269 g/mol. The molecule has 0 bridgehead atoms. The minimum atomic E-state index is -0.864. The summed E-state index contributed by atoms with van der Waals surface area (Å²) in [7, 11) is 0. The SMILES string of the molecule is CCC(CC)C(C)C(=O)N1CCC(C)CC1C(=O)O. The van der Waals surface area contributed by atoms with Gasteiger partial charge >= 0.3 is 5.97 Å². The van der Waals surface area contributed by atoms with Crippen LogP contribution < -0.4 is 0 Å². The van der Waals surface area contributed by atoms with Gasteiger partial charge in [-0.25, -0.2) is 4.79 Å². The first-order chi connectivity index (χ1) is 8.92. The molecule has 1 heterocycles. The molecule has 3 unspecified atom stereocenters. The maximum Gasteiger partial charge on any atom is 0.326 e. The van der Waals surface area contributed by atoms with Crippen LogP contribution in [0.1, 0.15) is 53.4 Å².